The molecule has 35 heavy (non-hydrogen) atoms. The van der Waals surface area contributed by atoms with Gasteiger partial charge in [0.1, 0.15) is 12.2 Å². The smallest absolute Gasteiger partial charge is 0.262 e. The fraction of sp³-hybridized carbons (Fsp3) is 0.286. The van der Waals surface area contributed by atoms with E-state index in [0.29, 0.717) is 22.4 Å². The largest absolute Gasteiger partial charge is 0.290 e. The number of anilines is 1. The van der Waals surface area contributed by atoms with Gasteiger partial charge < -0.3 is 0 Å². The van der Waals surface area contributed by atoms with Crippen LogP contribution in [0.5, 0.6) is 0 Å². The first-order valence-corrected chi connectivity index (χ1v) is 11.8. The Balaban J connectivity index is 1.75. The lowest BCUT2D eigenvalue weighted by Gasteiger charge is -2.46. The van der Waals surface area contributed by atoms with Gasteiger partial charge in [-0.25, -0.2) is 4.98 Å². The molecule has 0 fully saturated rings. The summed E-state index contributed by atoms with van der Waals surface area (Å²) in [6.45, 7) is 11.5. The third-order valence-electron chi connectivity index (χ3n) is 8.06. The van der Waals surface area contributed by atoms with Crippen molar-refractivity contribution < 1.29 is 9.59 Å². The second-order valence-corrected chi connectivity index (χ2v) is 10.1. The summed E-state index contributed by atoms with van der Waals surface area (Å²) in [6, 6.07) is 14.2. The molecule has 0 aliphatic carbocycles. The molecule has 0 N–H and O–H groups in total. The average Bonchev–Trinajstić information content (AvgIpc) is 3.34. The minimum Gasteiger partial charge on any atom is -0.290 e. The van der Waals surface area contributed by atoms with Crippen LogP contribution in [0.25, 0.3) is 16.6 Å². The van der Waals surface area contributed by atoms with E-state index in [1.165, 1.54) is 11.5 Å². The molecule has 3 aliphatic rings. The second-order valence-electron chi connectivity index (χ2n) is 10.1. The van der Waals surface area contributed by atoms with Crippen LogP contribution < -0.4 is 10.5 Å². The molecule has 0 saturated heterocycles. The van der Waals surface area contributed by atoms with Crippen LogP contribution in [0.2, 0.25) is 0 Å². The van der Waals surface area contributed by atoms with Crippen molar-refractivity contribution in [2.24, 2.45) is 5.41 Å². The summed E-state index contributed by atoms with van der Waals surface area (Å²) in [5.41, 5.74) is 1.28. The third-order valence-corrected chi connectivity index (χ3v) is 8.06. The zero-order valence-electron chi connectivity index (χ0n) is 20.1. The Bertz CT molecular complexity index is 1570. The first-order valence-electron chi connectivity index (χ1n) is 11.8. The van der Waals surface area contributed by atoms with Gasteiger partial charge in [-0.05, 0) is 42.2 Å². The normalized spacial score (nSPS) is 24.6. The van der Waals surface area contributed by atoms with E-state index in [9.17, 15) is 14.4 Å². The van der Waals surface area contributed by atoms with Crippen LogP contribution in [0.4, 0.5) is 5.69 Å². The quantitative estimate of drug-likeness (QED) is 0.535. The molecule has 2 aromatic carbocycles. The van der Waals surface area contributed by atoms with Gasteiger partial charge in [-0.3, -0.25) is 28.8 Å². The minimum absolute atomic E-state index is 0.159. The Hall–Kier alpha value is -4.00. The van der Waals surface area contributed by atoms with Crippen molar-refractivity contribution in [1.29, 1.82) is 0 Å². The average molecular weight is 467 g/mol. The fourth-order valence-corrected chi connectivity index (χ4v) is 6.18. The molecule has 3 aromatic rings. The Morgan fingerprint density at radius 3 is 2.51 bits per heavy atom. The zero-order valence-corrected chi connectivity index (χ0v) is 20.1. The number of rotatable bonds is 2. The molecular weight excluding hydrogens is 440 g/mol. The van der Waals surface area contributed by atoms with E-state index in [1.807, 2.05) is 42.5 Å². The van der Waals surface area contributed by atoms with Crippen molar-refractivity contribution in [3.63, 3.8) is 0 Å². The summed E-state index contributed by atoms with van der Waals surface area (Å²) in [5, 5.41) is 0.472. The van der Waals surface area contributed by atoms with Gasteiger partial charge in [0.2, 0.25) is 5.91 Å². The highest BCUT2D eigenvalue weighted by atomic mass is 16.2. The van der Waals surface area contributed by atoms with Crippen molar-refractivity contribution in [3.8, 4) is 0 Å². The maximum Gasteiger partial charge on any atom is 0.262 e. The minimum atomic E-state index is -0.778. The molecule has 0 radical (unpaired) electrons. The molecule has 3 aliphatic heterocycles. The van der Waals surface area contributed by atoms with E-state index >= 15 is 0 Å². The van der Waals surface area contributed by atoms with Crippen molar-refractivity contribution in [3.05, 3.63) is 89.0 Å². The molecule has 6 rings (SSSR count). The Kier molecular flexibility index (Phi) is 4.17. The number of benzene rings is 2. The molecule has 7 nitrogen and oxygen atoms in total. The zero-order chi connectivity index (χ0) is 24.9. The number of nitrogens with zero attached hydrogens (tertiary/aromatic N) is 4. The van der Waals surface area contributed by atoms with Crippen LogP contribution in [0, 0.1) is 5.41 Å². The maximum absolute atomic E-state index is 14.0. The number of aromatic nitrogens is 2. The second kappa shape index (κ2) is 6.78. The highest BCUT2D eigenvalue weighted by molar-refractivity contribution is 6.02. The predicted molar refractivity (Wildman–Crippen MR) is 135 cm³/mol. The van der Waals surface area contributed by atoms with E-state index in [1.54, 1.807) is 34.9 Å². The van der Waals surface area contributed by atoms with Gasteiger partial charge in [-0.15, -0.1) is 6.58 Å². The van der Waals surface area contributed by atoms with Crippen molar-refractivity contribution >= 4 is 34.1 Å². The van der Waals surface area contributed by atoms with Gasteiger partial charge in [0.25, 0.3) is 11.5 Å². The van der Waals surface area contributed by atoms with Crippen molar-refractivity contribution in [1.82, 2.24) is 14.5 Å². The predicted octanol–water partition coefficient (Wildman–Crippen LogP) is 4.00. The lowest BCUT2D eigenvalue weighted by molar-refractivity contribution is -0.135. The van der Waals surface area contributed by atoms with Crippen molar-refractivity contribution in [2.75, 3.05) is 4.90 Å². The first-order chi connectivity index (χ1) is 16.7. The maximum atomic E-state index is 14.0. The molecule has 7 heteroatoms. The monoisotopic (exact) mass is 466 g/mol. The molecule has 4 heterocycles. The Labute approximate surface area is 203 Å². The van der Waals surface area contributed by atoms with Crippen molar-refractivity contribution in [2.45, 2.75) is 45.3 Å². The van der Waals surface area contributed by atoms with Gasteiger partial charge >= 0.3 is 0 Å². The first kappa shape index (κ1) is 21.5. The molecule has 0 bridgehead atoms. The molecule has 0 spiro atoms. The van der Waals surface area contributed by atoms with Gasteiger partial charge in [0.15, 0.2) is 5.82 Å². The summed E-state index contributed by atoms with van der Waals surface area (Å²) in [6.07, 6.45) is 3.29. The van der Waals surface area contributed by atoms with E-state index < -0.39 is 23.0 Å². The summed E-state index contributed by atoms with van der Waals surface area (Å²) in [5.74, 6) is 0.0397. The number of carbonyl (C=O) groups is 2. The summed E-state index contributed by atoms with van der Waals surface area (Å²) >= 11 is 0. The molecule has 2 amide bonds. The van der Waals surface area contributed by atoms with Crippen LogP contribution in [-0.4, -0.2) is 32.4 Å². The number of para-hydroxylation sites is 2. The third kappa shape index (κ3) is 2.40. The number of fused-ring (bicyclic) bond motifs is 8. The topological polar surface area (TPSA) is 75.5 Å². The molecular formula is C28H26N4O3. The summed E-state index contributed by atoms with van der Waals surface area (Å²) < 4.78 is 1.49. The number of hydrogen-bond donors (Lipinski definition) is 0. The van der Waals surface area contributed by atoms with E-state index in [-0.39, 0.29) is 17.4 Å². The van der Waals surface area contributed by atoms with Crippen LogP contribution in [-0.2, 0) is 15.0 Å². The standard InChI is InChI=1S/C28H26N4O3/c1-6-27(4,5)28-15-22-23-29-20-13-9-7-11-18(20)25(35)30(23)16(2)24(34)32(22)26(28)31(17(3)33)21-14-10-8-12-19(21)28/h6-16,26H,1H2,2-5H3. The molecule has 176 valence electrons. The molecule has 0 saturated carbocycles. The van der Waals surface area contributed by atoms with Gasteiger partial charge in [0, 0.05) is 6.92 Å². The lowest BCUT2D eigenvalue weighted by Crippen LogP contribution is -2.60. The molecule has 1 aromatic heterocycles. The number of hydrogen-bond acceptors (Lipinski definition) is 4. The summed E-state index contributed by atoms with van der Waals surface area (Å²) in [7, 11) is 0. The van der Waals surface area contributed by atoms with Crippen LogP contribution in [0.3, 0.4) is 0 Å². The lowest BCUT2D eigenvalue weighted by atomic mass is 9.61. The molecule has 3 atom stereocenters. The van der Waals surface area contributed by atoms with Crippen LogP contribution in [0.1, 0.15) is 45.1 Å². The van der Waals surface area contributed by atoms with E-state index in [4.69, 9.17) is 4.98 Å². The highest BCUT2D eigenvalue weighted by Gasteiger charge is 2.66. The van der Waals surface area contributed by atoms with E-state index in [0.717, 1.165) is 11.3 Å². The Morgan fingerprint density at radius 1 is 1.11 bits per heavy atom. The van der Waals surface area contributed by atoms with Gasteiger partial charge in [-0.1, -0.05) is 50.3 Å². The number of carbonyl (C=O) groups excluding carboxylic acids is 2. The number of allylic oxidation sites excluding steroid dienone is 1. The fourth-order valence-electron chi connectivity index (χ4n) is 6.18. The van der Waals surface area contributed by atoms with Crippen LogP contribution >= 0.6 is 0 Å². The van der Waals surface area contributed by atoms with Crippen LogP contribution in [0.15, 0.2) is 72.1 Å². The van der Waals surface area contributed by atoms with Gasteiger partial charge in [0.05, 0.1) is 27.7 Å². The number of amides is 2. The highest BCUT2D eigenvalue weighted by Crippen LogP contribution is 2.62. The van der Waals surface area contributed by atoms with Gasteiger partial charge in [-0.2, -0.15) is 0 Å². The molecule has 3 unspecified atom stereocenters. The summed E-state index contributed by atoms with van der Waals surface area (Å²) in [4.78, 5) is 48.9. The SMILES string of the molecule is C=CC(C)(C)C12C=C3c4nc5ccccc5c(=O)n4C(C)C(=O)N3C1N(C(C)=O)c1ccccc12. The Morgan fingerprint density at radius 2 is 1.80 bits per heavy atom. The van der Waals surface area contributed by atoms with E-state index in [2.05, 4.69) is 20.4 Å².